The van der Waals surface area contributed by atoms with Crippen LogP contribution in [0.25, 0.3) is 0 Å². The molecule has 2 amide bonds. The van der Waals surface area contributed by atoms with Crippen LogP contribution in [0.1, 0.15) is 48.3 Å². The first-order chi connectivity index (χ1) is 14.3. The third-order valence-electron chi connectivity index (χ3n) is 5.96. The molecule has 4 rings (SSSR count). The second kappa shape index (κ2) is 7.81. The molecule has 2 aromatic rings. The van der Waals surface area contributed by atoms with E-state index in [2.05, 4.69) is 25.5 Å². The van der Waals surface area contributed by atoms with Crippen molar-refractivity contribution in [3.8, 4) is 0 Å². The maximum atomic E-state index is 11.8. The van der Waals surface area contributed by atoms with E-state index < -0.39 is 12.0 Å². The van der Waals surface area contributed by atoms with Crippen molar-refractivity contribution in [3.05, 3.63) is 23.5 Å². The van der Waals surface area contributed by atoms with Crippen LogP contribution in [-0.2, 0) is 0 Å². The molecule has 5 N–H and O–H groups in total. The summed E-state index contributed by atoms with van der Waals surface area (Å²) in [6.07, 6.45) is 3.32. The number of nitrogens with one attached hydrogen (secondary N) is 2. The van der Waals surface area contributed by atoms with E-state index in [0.29, 0.717) is 30.4 Å². The number of nitrogens with zero attached hydrogens (tertiary/aromatic N) is 5. The number of amides is 2. The first-order valence-corrected chi connectivity index (χ1v) is 10.0. The van der Waals surface area contributed by atoms with E-state index in [1.54, 1.807) is 4.90 Å². The van der Waals surface area contributed by atoms with Gasteiger partial charge in [0.2, 0.25) is 5.95 Å². The SMILES string of the molecule is Cc1cc(Nc2cc(C(N)=O)nc(N(C)[C@H]3C[C@H]4CCC[C@@H](C3)N4C(=O)O)n2)n[nH]1. The summed E-state index contributed by atoms with van der Waals surface area (Å²) >= 11 is 0. The smallest absolute Gasteiger partial charge is 0.407 e. The zero-order valence-corrected chi connectivity index (χ0v) is 17.0. The van der Waals surface area contributed by atoms with Gasteiger partial charge in [-0.3, -0.25) is 9.89 Å². The Labute approximate surface area is 173 Å². The summed E-state index contributed by atoms with van der Waals surface area (Å²) in [5.41, 5.74) is 6.47. The summed E-state index contributed by atoms with van der Waals surface area (Å²) in [5.74, 6) is 0.702. The van der Waals surface area contributed by atoms with Gasteiger partial charge in [-0.25, -0.2) is 9.78 Å². The van der Waals surface area contributed by atoms with Crippen LogP contribution in [0.2, 0.25) is 0 Å². The van der Waals surface area contributed by atoms with Gasteiger partial charge in [-0.1, -0.05) is 0 Å². The maximum Gasteiger partial charge on any atom is 0.407 e. The summed E-state index contributed by atoms with van der Waals surface area (Å²) in [5, 5.41) is 19.6. The van der Waals surface area contributed by atoms with Crippen LogP contribution < -0.4 is 16.0 Å². The summed E-state index contributed by atoms with van der Waals surface area (Å²) in [7, 11) is 1.87. The molecule has 2 fully saturated rings. The Morgan fingerprint density at radius 1 is 1.23 bits per heavy atom. The number of aromatic amines is 1. The fraction of sp³-hybridized carbons (Fsp3) is 0.526. The topological polar surface area (TPSA) is 153 Å². The minimum absolute atomic E-state index is 0.00796. The highest BCUT2D eigenvalue weighted by atomic mass is 16.4. The van der Waals surface area contributed by atoms with Crippen LogP contribution in [0.15, 0.2) is 12.1 Å². The number of hydrogen-bond donors (Lipinski definition) is 4. The molecular weight excluding hydrogens is 388 g/mol. The van der Waals surface area contributed by atoms with E-state index in [0.717, 1.165) is 25.0 Å². The van der Waals surface area contributed by atoms with E-state index in [1.165, 1.54) is 6.07 Å². The number of carboxylic acid groups (broad SMARTS) is 1. The zero-order chi connectivity index (χ0) is 21.4. The number of primary amides is 1. The summed E-state index contributed by atoms with van der Waals surface area (Å²) in [6, 6.07) is 3.36. The third-order valence-corrected chi connectivity index (χ3v) is 5.96. The Morgan fingerprint density at radius 2 is 1.93 bits per heavy atom. The number of H-pyrrole nitrogens is 1. The van der Waals surface area contributed by atoms with Crippen LogP contribution in [0.3, 0.4) is 0 Å². The van der Waals surface area contributed by atoms with Crippen molar-refractivity contribution >= 4 is 29.6 Å². The molecular formula is C19H26N8O3. The van der Waals surface area contributed by atoms with Gasteiger partial charge in [0.25, 0.3) is 5.91 Å². The lowest BCUT2D eigenvalue weighted by Crippen LogP contribution is -2.58. The molecule has 30 heavy (non-hydrogen) atoms. The number of carbonyl (C=O) groups excluding carboxylic acids is 1. The molecule has 0 radical (unpaired) electrons. The number of hydrogen-bond acceptors (Lipinski definition) is 7. The second-order valence-electron chi connectivity index (χ2n) is 8.03. The van der Waals surface area contributed by atoms with Gasteiger partial charge in [-0.15, -0.1) is 0 Å². The highest BCUT2D eigenvalue weighted by molar-refractivity contribution is 5.92. The summed E-state index contributed by atoms with van der Waals surface area (Å²) in [6.45, 7) is 1.88. The monoisotopic (exact) mass is 414 g/mol. The van der Waals surface area contributed by atoms with Gasteiger partial charge in [0.05, 0.1) is 0 Å². The average Bonchev–Trinajstić information content (AvgIpc) is 3.10. The molecule has 2 aliphatic rings. The fourth-order valence-corrected chi connectivity index (χ4v) is 4.54. The van der Waals surface area contributed by atoms with Crippen LogP contribution >= 0.6 is 0 Å². The fourth-order valence-electron chi connectivity index (χ4n) is 4.54. The molecule has 0 unspecified atom stereocenters. The Hall–Kier alpha value is -3.37. The van der Waals surface area contributed by atoms with E-state index >= 15 is 0 Å². The van der Waals surface area contributed by atoms with Crippen LogP contribution in [-0.4, -0.2) is 67.3 Å². The number of carbonyl (C=O) groups is 2. The van der Waals surface area contributed by atoms with Crippen molar-refractivity contribution in [2.75, 3.05) is 17.3 Å². The van der Waals surface area contributed by atoms with Gasteiger partial charge in [-0.05, 0) is 39.0 Å². The number of rotatable bonds is 5. The number of piperidine rings is 2. The Morgan fingerprint density at radius 3 is 2.50 bits per heavy atom. The molecule has 0 aliphatic carbocycles. The molecule has 11 heteroatoms. The minimum Gasteiger partial charge on any atom is -0.465 e. The van der Waals surface area contributed by atoms with Crippen molar-refractivity contribution < 1.29 is 14.7 Å². The molecule has 11 nitrogen and oxygen atoms in total. The van der Waals surface area contributed by atoms with Crippen molar-refractivity contribution in [1.29, 1.82) is 0 Å². The van der Waals surface area contributed by atoms with Crippen molar-refractivity contribution in [2.24, 2.45) is 5.73 Å². The quantitative estimate of drug-likeness (QED) is 0.578. The van der Waals surface area contributed by atoms with Gasteiger partial charge >= 0.3 is 6.09 Å². The van der Waals surface area contributed by atoms with Crippen LogP contribution in [0.5, 0.6) is 0 Å². The van der Waals surface area contributed by atoms with Crippen LogP contribution in [0.4, 0.5) is 22.4 Å². The molecule has 0 spiro atoms. The number of fused-ring (bicyclic) bond motifs is 2. The van der Waals surface area contributed by atoms with Gasteiger partial charge < -0.3 is 26.0 Å². The largest absolute Gasteiger partial charge is 0.465 e. The van der Waals surface area contributed by atoms with E-state index in [-0.39, 0.29) is 23.8 Å². The highest BCUT2D eigenvalue weighted by Crippen LogP contribution is 2.36. The lowest BCUT2D eigenvalue weighted by molar-refractivity contribution is 0.0351. The Bertz CT molecular complexity index is 947. The summed E-state index contributed by atoms with van der Waals surface area (Å²) in [4.78, 5) is 35.9. The molecule has 3 atom stereocenters. The predicted octanol–water partition coefficient (Wildman–Crippen LogP) is 1.85. The number of aryl methyl sites for hydroxylation is 1. The van der Waals surface area contributed by atoms with Crippen molar-refractivity contribution in [1.82, 2.24) is 25.1 Å². The molecule has 160 valence electrons. The first kappa shape index (κ1) is 19.9. The highest BCUT2D eigenvalue weighted by Gasteiger charge is 2.42. The van der Waals surface area contributed by atoms with E-state index in [1.807, 2.05) is 24.9 Å². The van der Waals surface area contributed by atoms with Gasteiger partial charge in [-0.2, -0.15) is 10.1 Å². The molecule has 0 saturated carbocycles. The lowest BCUT2D eigenvalue weighted by atomic mass is 9.81. The Kier molecular flexibility index (Phi) is 5.18. The van der Waals surface area contributed by atoms with E-state index in [9.17, 15) is 14.7 Å². The van der Waals surface area contributed by atoms with E-state index in [4.69, 9.17) is 5.73 Å². The maximum absolute atomic E-state index is 11.8. The van der Waals surface area contributed by atoms with Crippen molar-refractivity contribution in [3.63, 3.8) is 0 Å². The Balaban J connectivity index is 1.59. The van der Waals surface area contributed by atoms with Gasteiger partial charge in [0.1, 0.15) is 11.5 Å². The molecule has 4 heterocycles. The molecule has 2 bridgehead atoms. The molecule has 2 aromatic heterocycles. The third kappa shape index (κ3) is 3.87. The van der Waals surface area contributed by atoms with Crippen LogP contribution in [0, 0.1) is 6.92 Å². The number of aromatic nitrogens is 4. The zero-order valence-electron chi connectivity index (χ0n) is 17.0. The number of nitrogens with two attached hydrogens (primary N) is 1. The first-order valence-electron chi connectivity index (χ1n) is 10.0. The standard InChI is InChI=1S/C19H26N8O3/c1-10-6-16(25-24-10)22-15-9-14(17(20)28)21-18(23-15)26(2)13-7-11-4-3-5-12(8-13)27(11)19(29)30/h6,9,11-13H,3-5,7-8H2,1-2H3,(H2,20,28)(H,29,30)(H2,21,22,23,24,25)/t11-,12+,13+. The summed E-state index contributed by atoms with van der Waals surface area (Å²) < 4.78 is 0. The minimum atomic E-state index is -0.849. The molecule has 2 saturated heterocycles. The normalized spacial score (nSPS) is 23.1. The molecule has 0 aromatic carbocycles. The van der Waals surface area contributed by atoms with Gasteiger partial charge in [0.15, 0.2) is 5.82 Å². The average molecular weight is 414 g/mol. The van der Waals surface area contributed by atoms with Crippen molar-refractivity contribution in [2.45, 2.75) is 57.2 Å². The second-order valence-corrected chi connectivity index (χ2v) is 8.03. The molecule has 2 aliphatic heterocycles. The number of anilines is 3. The van der Waals surface area contributed by atoms with Gasteiger partial charge in [0, 0.05) is 43.0 Å². The predicted molar refractivity (Wildman–Crippen MR) is 110 cm³/mol. The lowest BCUT2D eigenvalue weighted by Gasteiger charge is -2.49.